The van der Waals surface area contributed by atoms with E-state index in [0.717, 1.165) is 18.4 Å². The molecule has 0 N–H and O–H groups in total. The van der Waals surface area contributed by atoms with Gasteiger partial charge in [0.1, 0.15) is 0 Å². The van der Waals surface area contributed by atoms with Crippen LogP contribution in [0, 0.1) is 11.8 Å². The highest BCUT2D eigenvalue weighted by atomic mass is 15.1. The van der Waals surface area contributed by atoms with E-state index < -0.39 is 0 Å². The summed E-state index contributed by atoms with van der Waals surface area (Å²) in [6.45, 7) is 10.00. The van der Waals surface area contributed by atoms with E-state index in [2.05, 4.69) is 32.4 Å². The Bertz CT molecular complexity index is 188. The van der Waals surface area contributed by atoms with Crippen LogP contribution in [0.5, 0.6) is 0 Å². The fraction of sp³-hybridized carbons (Fsp3) is 0.857. The fourth-order valence-electron chi connectivity index (χ4n) is 2.59. The first-order chi connectivity index (χ1) is 7.11. The predicted octanol–water partition coefficient (Wildman–Crippen LogP) is 4.06. The van der Waals surface area contributed by atoms with Crippen molar-refractivity contribution >= 4 is 0 Å². The molecular formula is C14H27N. The van der Waals surface area contributed by atoms with Gasteiger partial charge in [-0.15, -0.1) is 0 Å². The molecule has 1 nitrogen and oxygen atoms in total. The molecule has 0 aromatic rings. The highest BCUT2D eigenvalue weighted by molar-refractivity contribution is 4.99. The summed E-state index contributed by atoms with van der Waals surface area (Å²) in [4.78, 5) is 2.38. The summed E-state index contributed by atoms with van der Waals surface area (Å²) in [7, 11) is 2.20. The summed E-state index contributed by atoms with van der Waals surface area (Å²) < 4.78 is 0. The first kappa shape index (κ1) is 12.6. The van der Waals surface area contributed by atoms with Gasteiger partial charge in [0, 0.05) is 19.3 Å². The maximum Gasteiger partial charge on any atom is 0.0194 e. The minimum Gasteiger partial charge on any atom is -0.378 e. The zero-order chi connectivity index (χ0) is 11.3. The lowest BCUT2D eigenvalue weighted by molar-refractivity contribution is 0.308. The third-order valence-electron chi connectivity index (χ3n) is 3.46. The SMILES string of the molecule is C=C(C1CCCCCC1)N(C)CC(C)C. The van der Waals surface area contributed by atoms with E-state index in [1.165, 1.54) is 44.2 Å². The van der Waals surface area contributed by atoms with Crippen LogP contribution in [0.15, 0.2) is 12.3 Å². The normalized spacial score (nSPS) is 18.9. The van der Waals surface area contributed by atoms with Crippen molar-refractivity contribution in [3.8, 4) is 0 Å². The molecular weight excluding hydrogens is 182 g/mol. The Balaban J connectivity index is 2.42. The molecule has 0 atom stereocenters. The number of allylic oxidation sites excluding steroid dienone is 1. The molecule has 0 spiro atoms. The van der Waals surface area contributed by atoms with Crippen LogP contribution in [0.2, 0.25) is 0 Å². The van der Waals surface area contributed by atoms with Crippen molar-refractivity contribution in [2.75, 3.05) is 13.6 Å². The van der Waals surface area contributed by atoms with Crippen LogP contribution in [-0.4, -0.2) is 18.5 Å². The summed E-state index contributed by atoms with van der Waals surface area (Å²) in [5.74, 6) is 1.49. The van der Waals surface area contributed by atoms with Gasteiger partial charge in [0.25, 0.3) is 0 Å². The topological polar surface area (TPSA) is 3.24 Å². The van der Waals surface area contributed by atoms with Crippen LogP contribution in [-0.2, 0) is 0 Å². The Morgan fingerprint density at radius 3 is 2.20 bits per heavy atom. The molecule has 0 aromatic carbocycles. The molecule has 0 aromatic heterocycles. The van der Waals surface area contributed by atoms with Crippen molar-refractivity contribution in [3.63, 3.8) is 0 Å². The lowest BCUT2D eigenvalue weighted by Gasteiger charge is -2.29. The number of hydrogen-bond acceptors (Lipinski definition) is 1. The molecule has 0 radical (unpaired) electrons. The van der Waals surface area contributed by atoms with Crippen LogP contribution in [0.1, 0.15) is 52.4 Å². The molecule has 1 aliphatic rings. The molecule has 0 heterocycles. The van der Waals surface area contributed by atoms with Crippen LogP contribution in [0.4, 0.5) is 0 Å². The Kier molecular flexibility index (Phi) is 5.21. The molecule has 1 fully saturated rings. The summed E-state index contributed by atoms with van der Waals surface area (Å²) in [6, 6.07) is 0. The smallest absolute Gasteiger partial charge is 0.0194 e. The highest BCUT2D eigenvalue weighted by Crippen LogP contribution is 2.29. The van der Waals surface area contributed by atoms with E-state index in [1.807, 2.05) is 0 Å². The molecule has 1 aliphatic carbocycles. The standard InChI is InChI=1S/C14H27N/c1-12(2)11-15(4)13(3)14-9-7-5-6-8-10-14/h12,14H,3,5-11H2,1-2,4H3. The second-order valence-electron chi connectivity index (χ2n) is 5.45. The Morgan fingerprint density at radius 2 is 1.73 bits per heavy atom. The van der Waals surface area contributed by atoms with Crippen molar-refractivity contribution < 1.29 is 0 Å². The monoisotopic (exact) mass is 209 g/mol. The van der Waals surface area contributed by atoms with Crippen LogP contribution >= 0.6 is 0 Å². The maximum absolute atomic E-state index is 4.30. The van der Waals surface area contributed by atoms with Gasteiger partial charge in [-0.2, -0.15) is 0 Å². The number of rotatable bonds is 4. The van der Waals surface area contributed by atoms with E-state index in [9.17, 15) is 0 Å². The average Bonchev–Trinajstić information content (AvgIpc) is 2.43. The molecule has 0 saturated heterocycles. The van der Waals surface area contributed by atoms with Gasteiger partial charge in [0.15, 0.2) is 0 Å². The molecule has 1 rings (SSSR count). The molecule has 0 aliphatic heterocycles. The minimum atomic E-state index is 0.734. The van der Waals surface area contributed by atoms with Gasteiger partial charge in [-0.3, -0.25) is 0 Å². The Morgan fingerprint density at radius 1 is 1.20 bits per heavy atom. The minimum absolute atomic E-state index is 0.734. The van der Waals surface area contributed by atoms with E-state index in [-0.39, 0.29) is 0 Å². The first-order valence-corrected chi connectivity index (χ1v) is 6.51. The third kappa shape index (κ3) is 4.27. The molecule has 1 heteroatoms. The van der Waals surface area contributed by atoms with Gasteiger partial charge in [-0.1, -0.05) is 46.1 Å². The number of nitrogens with zero attached hydrogens (tertiary/aromatic N) is 1. The Labute approximate surface area is 95.5 Å². The van der Waals surface area contributed by atoms with Gasteiger partial charge in [-0.25, -0.2) is 0 Å². The first-order valence-electron chi connectivity index (χ1n) is 6.51. The highest BCUT2D eigenvalue weighted by Gasteiger charge is 2.18. The molecule has 15 heavy (non-hydrogen) atoms. The largest absolute Gasteiger partial charge is 0.378 e. The summed E-state index contributed by atoms with van der Waals surface area (Å²) in [6.07, 6.45) is 8.39. The van der Waals surface area contributed by atoms with Gasteiger partial charge >= 0.3 is 0 Å². The van der Waals surface area contributed by atoms with Gasteiger partial charge in [0.2, 0.25) is 0 Å². The van der Waals surface area contributed by atoms with Crippen LogP contribution in [0.25, 0.3) is 0 Å². The van der Waals surface area contributed by atoms with E-state index in [0.29, 0.717) is 0 Å². The maximum atomic E-state index is 4.30. The van der Waals surface area contributed by atoms with Crippen molar-refractivity contribution in [3.05, 3.63) is 12.3 Å². The van der Waals surface area contributed by atoms with Gasteiger partial charge in [0.05, 0.1) is 0 Å². The predicted molar refractivity (Wildman–Crippen MR) is 67.8 cm³/mol. The summed E-state index contributed by atoms with van der Waals surface area (Å²) >= 11 is 0. The summed E-state index contributed by atoms with van der Waals surface area (Å²) in [5, 5.41) is 0. The average molecular weight is 209 g/mol. The van der Waals surface area contributed by atoms with Crippen LogP contribution in [0.3, 0.4) is 0 Å². The zero-order valence-corrected chi connectivity index (χ0v) is 10.8. The van der Waals surface area contributed by atoms with Gasteiger partial charge < -0.3 is 4.90 Å². The van der Waals surface area contributed by atoms with Crippen LogP contribution < -0.4 is 0 Å². The molecule has 1 saturated carbocycles. The molecule has 0 bridgehead atoms. The lowest BCUT2D eigenvalue weighted by atomic mass is 9.96. The van der Waals surface area contributed by atoms with Crippen molar-refractivity contribution in [2.45, 2.75) is 52.4 Å². The lowest BCUT2D eigenvalue weighted by Crippen LogP contribution is -2.26. The Hall–Kier alpha value is -0.460. The van der Waals surface area contributed by atoms with Crippen molar-refractivity contribution in [2.24, 2.45) is 11.8 Å². The zero-order valence-electron chi connectivity index (χ0n) is 10.8. The second-order valence-corrected chi connectivity index (χ2v) is 5.45. The van der Waals surface area contributed by atoms with E-state index in [4.69, 9.17) is 0 Å². The molecule has 0 amide bonds. The quantitative estimate of drug-likeness (QED) is 0.631. The third-order valence-corrected chi connectivity index (χ3v) is 3.46. The fourth-order valence-corrected chi connectivity index (χ4v) is 2.59. The number of hydrogen-bond donors (Lipinski definition) is 0. The van der Waals surface area contributed by atoms with E-state index >= 15 is 0 Å². The van der Waals surface area contributed by atoms with Gasteiger partial charge in [-0.05, 0) is 24.7 Å². The van der Waals surface area contributed by atoms with E-state index in [1.54, 1.807) is 0 Å². The molecule has 88 valence electrons. The molecule has 0 unspecified atom stereocenters. The summed E-state index contributed by atoms with van der Waals surface area (Å²) in [5.41, 5.74) is 1.38. The van der Waals surface area contributed by atoms with Crippen molar-refractivity contribution in [1.82, 2.24) is 4.90 Å². The second kappa shape index (κ2) is 6.19. The van der Waals surface area contributed by atoms with Crippen molar-refractivity contribution in [1.29, 1.82) is 0 Å².